The fourth-order valence-corrected chi connectivity index (χ4v) is 6.66. The molecular weight excluding hydrogens is 497 g/mol. The number of carbonyl (C=O) groups is 1. The van der Waals surface area contributed by atoms with Gasteiger partial charge in [-0.25, -0.2) is 18.2 Å². The van der Waals surface area contributed by atoms with E-state index in [4.69, 9.17) is 4.74 Å². The SMILES string of the molecule is Cn1cnc(S(=O)(=O)N2C[C@H](c3ccccc3)[C@]3(COC(=O)N3C(c3ccccc3)C(F)(F)F)C2)c1. The van der Waals surface area contributed by atoms with Crippen molar-refractivity contribution in [2.45, 2.75) is 28.7 Å². The van der Waals surface area contributed by atoms with Crippen molar-refractivity contribution in [2.75, 3.05) is 19.7 Å². The van der Waals surface area contributed by atoms with Crippen LogP contribution in [-0.4, -0.2) is 64.7 Å². The van der Waals surface area contributed by atoms with Crippen LogP contribution in [0.4, 0.5) is 18.0 Å². The maximum atomic E-state index is 14.6. The number of imidazole rings is 1. The van der Waals surface area contributed by atoms with Crippen LogP contribution < -0.4 is 0 Å². The van der Waals surface area contributed by atoms with Crippen molar-refractivity contribution < 1.29 is 31.1 Å². The number of aryl methyl sites for hydroxylation is 1. The summed E-state index contributed by atoms with van der Waals surface area (Å²) < 4.78 is 78.6. The van der Waals surface area contributed by atoms with E-state index in [-0.39, 0.29) is 30.3 Å². The van der Waals surface area contributed by atoms with Gasteiger partial charge in [0.15, 0.2) is 11.1 Å². The number of hydrogen-bond acceptors (Lipinski definition) is 5. The molecule has 36 heavy (non-hydrogen) atoms. The molecule has 2 aliphatic heterocycles. The number of amides is 1. The third-order valence-electron chi connectivity index (χ3n) is 6.78. The predicted molar refractivity (Wildman–Crippen MR) is 122 cm³/mol. The van der Waals surface area contributed by atoms with E-state index in [9.17, 15) is 26.4 Å². The first-order valence-corrected chi connectivity index (χ1v) is 12.6. The van der Waals surface area contributed by atoms with Crippen LogP contribution >= 0.6 is 0 Å². The molecule has 2 aliphatic rings. The lowest BCUT2D eigenvalue weighted by Gasteiger charge is -2.41. The zero-order chi connectivity index (χ0) is 25.7. The number of halogens is 3. The summed E-state index contributed by atoms with van der Waals surface area (Å²) in [5.41, 5.74) is -1.13. The third kappa shape index (κ3) is 3.94. The van der Waals surface area contributed by atoms with Gasteiger partial charge in [-0.3, -0.25) is 4.90 Å². The number of carbonyl (C=O) groups excluding carboxylic acids is 1. The van der Waals surface area contributed by atoms with Crippen molar-refractivity contribution in [1.29, 1.82) is 0 Å². The number of cyclic esters (lactones) is 1. The molecule has 190 valence electrons. The van der Waals surface area contributed by atoms with Crippen molar-refractivity contribution in [3.63, 3.8) is 0 Å². The number of nitrogens with zero attached hydrogens (tertiary/aromatic N) is 4. The van der Waals surface area contributed by atoms with E-state index in [1.165, 1.54) is 41.4 Å². The highest BCUT2D eigenvalue weighted by Crippen LogP contribution is 2.52. The van der Waals surface area contributed by atoms with Crippen LogP contribution in [0, 0.1) is 0 Å². The van der Waals surface area contributed by atoms with Gasteiger partial charge >= 0.3 is 12.3 Å². The average Bonchev–Trinajstić information content (AvgIpc) is 3.54. The van der Waals surface area contributed by atoms with Gasteiger partial charge in [0.25, 0.3) is 10.0 Å². The monoisotopic (exact) mass is 520 g/mol. The standard InChI is InChI=1S/C24H23F3N4O4S/c1-29-13-20(28-16-29)36(33,34)30-12-19(17-8-4-2-5-9-17)23(14-30)15-35-22(32)31(23)21(24(25,26)27)18-10-6-3-7-11-18/h2-11,13,16,19,21H,12,14-15H2,1H3/t19-,21?,23-/m1/s1. The van der Waals surface area contributed by atoms with E-state index in [2.05, 4.69) is 4.98 Å². The second kappa shape index (κ2) is 8.63. The van der Waals surface area contributed by atoms with Gasteiger partial charge in [0.2, 0.25) is 0 Å². The smallest absolute Gasteiger partial charge is 0.413 e. The Bertz CT molecular complexity index is 1360. The van der Waals surface area contributed by atoms with Crippen LogP contribution in [0.15, 0.2) is 78.2 Å². The third-order valence-corrected chi connectivity index (χ3v) is 8.48. The summed E-state index contributed by atoms with van der Waals surface area (Å²) >= 11 is 0. The Kier molecular flexibility index (Phi) is 5.83. The summed E-state index contributed by atoms with van der Waals surface area (Å²) in [5.74, 6) is -0.780. The zero-order valence-electron chi connectivity index (χ0n) is 19.2. The molecule has 1 amide bonds. The van der Waals surface area contributed by atoms with Crippen molar-refractivity contribution in [3.8, 4) is 0 Å². The van der Waals surface area contributed by atoms with Crippen molar-refractivity contribution in [2.24, 2.45) is 7.05 Å². The van der Waals surface area contributed by atoms with Gasteiger partial charge in [-0.1, -0.05) is 60.7 Å². The summed E-state index contributed by atoms with van der Waals surface area (Å²) in [6.45, 7) is -0.912. The topological polar surface area (TPSA) is 84.7 Å². The molecule has 2 fully saturated rings. The Hall–Kier alpha value is -3.38. The van der Waals surface area contributed by atoms with E-state index >= 15 is 0 Å². The Morgan fingerprint density at radius 3 is 2.31 bits per heavy atom. The Morgan fingerprint density at radius 2 is 1.72 bits per heavy atom. The molecule has 1 spiro atoms. The molecule has 5 rings (SSSR count). The maximum absolute atomic E-state index is 14.6. The van der Waals surface area contributed by atoms with Crippen molar-refractivity contribution in [3.05, 3.63) is 84.3 Å². The van der Waals surface area contributed by atoms with E-state index < -0.39 is 39.8 Å². The van der Waals surface area contributed by atoms with Crippen LogP contribution in [0.25, 0.3) is 0 Å². The Morgan fingerprint density at radius 1 is 1.08 bits per heavy atom. The fraction of sp³-hybridized carbons (Fsp3) is 0.333. The highest BCUT2D eigenvalue weighted by atomic mass is 32.2. The minimum absolute atomic E-state index is 0.138. The first-order valence-electron chi connectivity index (χ1n) is 11.1. The lowest BCUT2D eigenvalue weighted by Crippen LogP contribution is -2.56. The Balaban J connectivity index is 1.66. The molecule has 0 bridgehead atoms. The minimum atomic E-state index is -4.84. The highest BCUT2D eigenvalue weighted by molar-refractivity contribution is 7.89. The van der Waals surface area contributed by atoms with Crippen LogP contribution in [-0.2, 0) is 21.8 Å². The first kappa shape index (κ1) is 24.3. The number of sulfonamides is 1. The van der Waals surface area contributed by atoms with Gasteiger partial charge in [0.1, 0.15) is 12.1 Å². The summed E-state index contributed by atoms with van der Waals surface area (Å²) in [7, 11) is -2.55. The highest BCUT2D eigenvalue weighted by Gasteiger charge is 2.65. The van der Waals surface area contributed by atoms with Gasteiger partial charge in [-0.2, -0.15) is 17.5 Å². The molecule has 2 saturated heterocycles. The number of rotatable bonds is 5. The number of alkyl halides is 3. The fourth-order valence-electron chi connectivity index (χ4n) is 5.17. The number of aromatic nitrogens is 2. The zero-order valence-corrected chi connectivity index (χ0v) is 20.0. The normalized spacial score (nSPS) is 23.8. The van der Waals surface area contributed by atoms with Crippen LogP contribution in [0.1, 0.15) is 23.1 Å². The predicted octanol–water partition coefficient (Wildman–Crippen LogP) is 3.70. The van der Waals surface area contributed by atoms with E-state index in [0.717, 1.165) is 4.31 Å². The molecule has 1 unspecified atom stereocenters. The van der Waals surface area contributed by atoms with Crippen molar-refractivity contribution in [1.82, 2.24) is 18.8 Å². The number of hydrogen-bond donors (Lipinski definition) is 0. The molecule has 3 heterocycles. The average molecular weight is 521 g/mol. The molecule has 3 atom stereocenters. The summed E-state index contributed by atoms with van der Waals surface area (Å²) in [6.07, 6.45) is -3.32. The number of ether oxygens (including phenoxy) is 1. The molecule has 0 N–H and O–H groups in total. The second-order valence-corrected chi connectivity index (χ2v) is 10.9. The van der Waals surface area contributed by atoms with Gasteiger partial charge in [0.05, 0.1) is 6.33 Å². The molecule has 0 aliphatic carbocycles. The largest absolute Gasteiger partial charge is 0.447 e. The lowest BCUT2D eigenvalue weighted by molar-refractivity contribution is -0.187. The first-order chi connectivity index (χ1) is 17.0. The lowest BCUT2D eigenvalue weighted by atomic mass is 9.80. The van der Waals surface area contributed by atoms with Gasteiger partial charge in [-0.05, 0) is 11.1 Å². The maximum Gasteiger partial charge on any atom is 0.413 e. The summed E-state index contributed by atoms with van der Waals surface area (Å²) in [6, 6.07) is 13.4. The summed E-state index contributed by atoms with van der Waals surface area (Å²) in [4.78, 5) is 17.7. The van der Waals surface area contributed by atoms with Crippen LogP contribution in [0.2, 0.25) is 0 Å². The van der Waals surface area contributed by atoms with Gasteiger partial charge in [0, 0.05) is 32.3 Å². The minimum Gasteiger partial charge on any atom is -0.447 e. The van der Waals surface area contributed by atoms with E-state index in [0.29, 0.717) is 10.5 Å². The van der Waals surface area contributed by atoms with Gasteiger partial charge < -0.3 is 9.30 Å². The molecular formula is C24H23F3N4O4S. The molecule has 8 nitrogen and oxygen atoms in total. The molecule has 3 aromatic rings. The second-order valence-electron chi connectivity index (χ2n) is 9.02. The van der Waals surface area contributed by atoms with Gasteiger partial charge in [-0.15, -0.1) is 0 Å². The quantitative estimate of drug-likeness (QED) is 0.512. The molecule has 1 aromatic heterocycles. The van der Waals surface area contributed by atoms with E-state index in [1.54, 1.807) is 43.4 Å². The van der Waals surface area contributed by atoms with Crippen molar-refractivity contribution >= 4 is 16.1 Å². The molecule has 0 radical (unpaired) electrons. The van der Waals surface area contributed by atoms with Crippen LogP contribution in [0.3, 0.4) is 0 Å². The molecule has 0 saturated carbocycles. The molecule has 2 aromatic carbocycles. The molecule has 12 heteroatoms. The van der Waals surface area contributed by atoms with Crippen LogP contribution in [0.5, 0.6) is 0 Å². The Labute approximate surface area is 206 Å². The summed E-state index contributed by atoms with van der Waals surface area (Å²) in [5, 5.41) is -0.221. The number of benzene rings is 2. The van der Waals surface area contributed by atoms with E-state index in [1.807, 2.05) is 0 Å².